The first-order valence-electron chi connectivity index (χ1n) is 11.0. The summed E-state index contributed by atoms with van der Waals surface area (Å²) >= 11 is 0. The summed E-state index contributed by atoms with van der Waals surface area (Å²) in [5, 5.41) is 2.90. The maximum atomic E-state index is 13.6. The van der Waals surface area contributed by atoms with Gasteiger partial charge in [-0.2, -0.15) is 0 Å². The smallest absolute Gasteiger partial charge is 0.254 e. The number of nitrogens with zero attached hydrogens (tertiary/aromatic N) is 2. The Morgan fingerprint density at radius 2 is 1.64 bits per heavy atom. The standard InChI is InChI=1S/C27H30FN3O2/c1-5-26(32)29-24-15-16-25(30(3)4)22(17-24)18-31(19(2)20-9-7-6-8-10-20)27(33)21-11-13-23(28)14-12-21/h6-17,19H,5,18H2,1-4H3,(H,29,32). The van der Waals surface area contributed by atoms with Crippen LogP contribution in [-0.2, 0) is 11.3 Å². The molecule has 3 aromatic carbocycles. The fourth-order valence-corrected chi connectivity index (χ4v) is 3.71. The van der Waals surface area contributed by atoms with E-state index in [-0.39, 0.29) is 23.7 Å². The van der Waals surface area contributed by atoms with Crippen molar-refractivity contribution in [1.29, 1.82) is 0 Å². The number of halogens is 1. The van der Waals surface area contributed by atoms with Gasteiger partial charge >= 0.3 is 0 Å². The first-order chi connectivity index (χ1) is 15.8. The summed E-state index contributed by atoms with van der Waals surface area (Å²) < 4.78 is 13.5. The first-order valence-corrected chi connectivity index (χ1v) is 11.0. The van der Waals surface area contributed by atoms with Crippen LogP contribution in [0.1, 0.15) is 47.8 Å². The quantitative estimate of drug-likeness (QED) is 0.486. The maximum absolute atomic E-state index is 13.6. The summed E-state index contributed by atoms with van der Waals surface area (Å²) in [7, 11) is 3.88. The number of hydrogen-bond donors (Lipinski definition) is 1. The van der Waals surface area contributed by atoms with E-state index in [1.807, 2.05) is 74.4 Å². The molecule has 0 aliphatic rings. The number of hydrogen-bond acceptors (Lipinski definition) is 3. The van der Waals surface area contributed by atoms with E-state index in [1.54, 1.807) is 11.8 Å². The summed E-state index contributed by atoms with van der Waals surface area (Å²) in [5.74, 6) is -0.655. The van der Waals surface area contributed by atoms with Crippen LogP contribution in [0.4, 0.5) is 15.8 Å². The highest BCUT2D eigenvalue weighted by Crippen LogP contribution is 2.30. The summed E-state index contributed by atoms with van der Waals surface area (Å²) in [4.78, 5) is 29.3. The fraction of sp³-hybridized carbons (Fsp3) is 0.259. The zero-order valence-corrected chi connectivity index (χ0v) is 19.5. The molecule has 0 saturated heterocycles. The van der Waals surface area contributed by atoms with E-state index >= 15 is 0 Å². The lowest BCUT2D eigenvalue weighted by Gasteiger charge is -2.31. The van der Waals surface area contributed by atoms with Gasteiger partial charge < -0.3 is 15.1 Å². The fourth-order valence-electron chi connectivity index (χ4n) is 3.71. The van der Waals surface area contributed by atoms with Gasteiger partial charge in [0, 0.05) is 44.0 Å². The monoisotopic (exact) mass is 447 g/mol. The van der Waals surface area contributed by atoms with E-state index < -0.39 is 0 Å². The summed E-state index contributed by atoms with van der Waals surface area (Å²) in [6.07, 6.45) is 0.380. The van der Waals surface area contributed by atoms with E-state index in [4.69, 9.17) is 0 Å². The second-order valence-corrected chi connectivity index (χ2v) is 8.17. The highest BCUT2D eigenvalue weighted by atomic mass is 19.1. The molecule has 172 valence electrons. The van der Waals surface area contributed by atoms with Gasteiger partial charge in [-0.1, -0.05) is 37.3 Å². The van der Waals surface area contributed by atoms with E-state index in [2.05, 4.69) is 5.32 Å². The van der Waals surface area contributed by atoms with Crippen molar-refractivity contribution in [2.75, 3.05) is 24.3 Å². The number of rotatable bonds is 8. The molecule has 0 aliphatic carbocycles. The molecule has 2 amide bonds. The van der Waals surface area contributed by atoms with Gasteiger partial charge in [0.25, 0.3) is 5.91 Å². The molecule has 1 N–H and O–H groups in total. The van der Waals surface area contributed by atoms with Crippen molar-refractivity contribution in [3.63, 3.8) is 0 Å². The molecule has 0 bridgehead atoms. The molecule has 0 fully saturated rings. The first kappa shape index (κ1) is 24.0. The second kappa shape index (κ2) is 10.8. The molecule has 0 heterocycles. The lowest BCUT2D eigenvalue weighted by atomic mass is 10.0. The van der Waals surface area contributed by atoms with Gasteiger partial charge in [0.2, 0.25) is 5.91 Å². The van der Waals surface area contributed by atoms with Crippen LogP contribution < -0.4 is 10.2 Å². The minimum absolute atomic E-state index is 0.0737. The Hall–Kier alpha value is -3.67. The Morgan fingerprint density at radius 1 is 0.970 bits per heavy atom. The lowest BCUT2D eigenvalue weighted by molar-refractivity contribution is -0.115. The molecule has 5 nitrogen and oxygen atoms in total. The van der Waals surface area contributed by atoms with Crippen molar-refractivity contribution in [1.82, 2.24) is 4.90 Å². The van der Waals surface area contributed by atoms with Crippen LogP contribution in [0, 0.1) is 5.82 Å². The van der Waals surface area contributed by atoms with Crippen molar-refractivity contribution in [3.8, 4) is 0 Å². The molecule has 0 saturated carbocycles. The third-order valence-electron chi connectivity index (χ3n) is 5.61. The maximum Gasteiger partial charge on any atom is 0.254 e. The van der Waals surface area contributed by atoms with Crippen molar-refractivity contribution in [3.05, 3.63) is 95.3 Å². The number of nitrogens with one attached hydrogen (secondary N) is 1. The molecule has 1 unspecified atom stereocenters. The third kappa shape index (κ3) is 5.98. The second-order valence-electron chi connectivity index (χ2n) is 8.17. The topological polar surface area (TPSA) is 52.7 Å². The van der Waals surface area contributed by atoms with Crippen LogP contribution in [0.5, 0.6) is 0 Å². The highest BCUT2D eigenvalue weighted by molar-refractivity contribution is 5.94. The molecule has 0 aliphatic heterocycles. The zero-order chi connectivity index (χ0) is 24.0. The number of benzene rings is 3. The predicted molar refractivity (Wildman–Crippen MR) is 131 cm³/mol. The summed E-state index contributed by atoms with van der Waals surface area (Å²) in [6.45, 7) is 4.10. The molecule has 33 heavy (non-hydrogen) atoms. The van der Waals surface area contributed by atoms with Gasteiger partial charge in [0.1, 0.15) is 5.82 Å². The Kier molecular flexibility index (Phi) is 7.83. The Balaban J connectivity index is 2.03. The van der Waals surface area contributed by atoms with E-state index in [9.17, 15) is 14.0 Å². The van der Waals surface area contributed by atoms with Crippen LogP contribution in [0.3, 0.4) is 0 Å². The predicted octanol–water partition coefficient (Wildman–Crippen LogP) is 5.64. The Labute approximate surface area is 194 Å². The van der Waals surface area contributed by atoms with Gasteiger partial charge in [0.05, 0.1) is 6.04 Å². The largest absolute Gasteiger partial charge is 0.377 e. The van der Waals surface area contributed by atoms with Crippen LogP contribution in [0.15, 0.2) is 72.8 Å². The van der Waals surface area contributed by atoms with E-state index in [1.165, 1.54) is 24.3 Å². The molecular weight excluding hydrogens is 417 g/mol. The Bertz CT molecular complexity index is 1100. The zero-order valence-electron chi connectivity index (χ0n) is 19.5. The Morgan fingerprint density at radius 3 is 2.24 bits per heavy atom. The summed E-state index contributed by atoms with van der Waals surface area (Å²) in [6, 6.07) is 20.9. The van der Waals surface area contributed by atoms with Gasteiger partial charge in [-0.05, 0) is 60.5 Å². The van der Waals surface area contributed by atoms with Gasteiger partial charge in [-0.25, -0.2) is 4.39 Å². The van der Waals surface area contributed by atoms with Crippen molar-refractivity contribution < 1.29 is 14.0 Å². The van der Waals surface area contributed by atoms with E-state index in [0.717, 1.165) is 16.8 Å². The highest BCUT2D eigenvalue weighted by Gasteiger charge is 2.24. The number of carbonyl (C=O) groups excluding carboxylic acids is 2. The van der Waals surface area contributed by atoms with Gasteiger partial charge in [0.15, 0.2) is 0 Å². The van der Waals surface area contributed by atoms with Gasteiger partial charge in [-0.15, -0.1) is 0 Å². The van der Waals surface area contributed by atoms with Crippen molar-refractivity contribution >= 4 is 23.2 Å². The van der Waals surface area contributed by atoms with Crippen LogP contribution in [0.25, 0.3) is 0 Å². The van der Waals surface area contributed by atoms with Gasteiger partial charge in [-0.3, -0.25) is 9.59 Å². The van der Waals surface area contributed by atoms with Crippen LogP contribution in [0.2, 0.25) is 0 Å². The molecule has 0 aromatic heterocycles. The molecule has 0 spiro atoms. The molecular formula is C27H30FN3O2. The van der Waals surface area contributed by atoms with Crippen molar-refractivity contribution in [2.45, 2.75) is 32.9 Å². The van der Waals surface area contributed by atoms with Crippen LogP contribution in [-0.4, -0.2) is 30.8 Å². The lowest BCUT2D eigenvalue weighted by Crippen LogP contribution is -2.33. The average molecular weight is 448 g/mol. The minimum atomic E-state index is -0.386. The molecule has 6 heteroatoms. The normalized spacial score (nSPS) is 11.5. The van der Waals surface area contributed by atoms with E-state index in [0.29, 0.717) is 24.2 Å². The SMILES string of the molecule is CCC(=O)Nc1ccc(N(C)C)c(CN(C(=O)c2ccc(F)cc2)C(C)c2ccccc2)c1. The molecule has 1 atom stereocenters. The van der Waals surface area contributed by atoms with Crippen LogP contribution >= 0.6 is 0 Å². The number of anilines is 2. The third-order valence-corrected chi connectivity index (χ3v) is 5.61. The molecule has 0 radical (unpaired) electrons. The van der Waals surface area contributed by atoms with Crippen molar-refractivity contribution in [2.24, 2.45) is 0 Å². The minimum Gasteiger partial charge on any atom is -0.377 e. The number of amides is 2. The number of carbonyl (C=O) groups is 2. The molecule has 3 rings (SSSR count). The summed E-state index contributed by atoms with van der Waals surface area (Å²) in [5.41, 5.74) is 3.94. The molecule has 3 aromatic rings. The average Bonchev–Trinajstić information content (AvgIpc) is 2.82.